The fourth-order valence-corrected chi connectivity index (χ4v) is 1.89. The third-order valence-corrected chi connectivity index (χ3v) is 2.74. The Morgan fingerprint density at radius 2 is 2.31 bits per heavy atom. The molecular formula is C8H14N4O. The fraction of sp³-hybridized carbons (Fsp3) is 0.750. The number of amides is 2. The molecule has 0 radical (unpaired) electrons. The minimum atomic E-state index is -0.340. The van der Waals surface area contributed by atoms with E-state index in [0.29, 0.717) is 18.9 Å². The van der Waals surface area contributed by atoms with E-state index in [1.165, 1.54) is 0 Å². The van der Waals surface area contributed by atoms with E-state index in [-0.39, 0.29) is 11.6 Å². The van der Waals surface area contributed by atoms with Crippen molar-refractivity contribution >= 4 is 11.9 Å². The highest BCUT2D eigenvalue weighted by Gasteiger charge is 2.53. The highest BCUT2D eigenvalue weighted by molar-refractivity contribution is 6.09. The second-order valence-corrected chi connectivity index (χ2v) is 3.59. The van der Waals surface area contributed by atoms with E-state index in [0.717, 1.165) is 13.0 Å². The van der Waals surface area contributed by atoms with Gasteiger partial charge in [0.15, 0.2) is 0 Å². The minimum absolute atomic E-state index is 0.117. The number of amidine groups is 1. The number of rotatable bonds is 2. The summed E-state index contributed by atoms with van der Waals surface area (Å²) in [7, 11) is 0. The number of carbonyl (C=O) groups excluding carboxylic acids is 1. The Balaban J connectivity index is 2.21. The van der Waals surface area contributed by atoms with Crippen LogP contribution in [0.3, 0.4) is 0 Å². The number of urea groups is 1. The van der Waals surface area contributed by atoms with Crippen LogP contribution in [0.1, 0.15) is 13.3 Å². The van der Waals surface area contributed by atoms with Gasteiger partial charge in [0, 0.05) is 19.6 Å². The van der Waals surface area contributed by atoms with Crippen LogP contribution < -0.4 is 10.6 Å². The molecule has 2 rings (SSSR count). The number of nitrogens with zero attached hydrogens (tertiary/aromatic N) is 1. The third-order valence-electron chi connectivity index (χ3n) is 2.74. The molecule has 2 saturated heterocycles. The van der Waals surface area contributed by atoms with Gasteiger partial charge >= 0.3 is 6.03 Å². The van der Waals surface area contributed by atoms with Gasteiger partial charge in [-0.25, -0.2) is 4.79 Å². The summed E-state index contributed by atoms with van der Waals surface area (Å²) in [6, 6.07) is -0.117. The fourth-order valence-electron chi connectivity index (χ4n) is 1.89. The average Bonchev–Trinajstić information content (AvgIpc) is 2.23. The predicted molar refractivity (Wildman–Crippen MR) is 48.9 cm³/mol. The molecular weight excluding hydrogens is 168 g/mol. The van der Waals surface area contributed by atoms with Gasteiger partial charge < -0.3 is 10.2 Å². The Morgan fingerprint density at radius 1 is 1.62 bits per heavy atom. The van der Waals surface area contributed by atoms with E-state index in [9.17, 15) is 4.79 Å². The zero-order chi connectivity index (χ0) is 9.47. The lowest BCUT2D eigenvalue weighted by Gasteiger charge is -2.44. The van der Waals surface area contributed by atoms with E-state index in [4.69, 9.17) is 5.41 Å². The first-order chi connectivity index (χ1) is 6.20. The molecule has 2 aliphatic rings. The first kappa shape index (κ1) is 8.50. The SMILES string of the molecule is CCCN1C(=O)NC(=N)C12CNC2. The van der Waals surface area contributed by atoms with Crippen molar-refractivity contribution in [2.45, 2.75) is 18.9 Å². The molecule has 0 aromatic carbocycles. The number of carbonyl (C=O) groups is 1. The molecule has 13 heavy (non-hydrogen) atoms. The molecule has 2 fully saturated rings. The Kier molecular flexibility index (Phi) is 1.76. The zero-order valence-corrected chi connectivity index (χ0v) is 7.68. The maximum absolute atomic E-state index is 11.4. The molecule has 0 unspecified atom stereocenters. The van der Waals surface area contributed by atoms with Crippen LogP contribution in [0, 0.1) is 5.41 Å². The Morgan fingerprint density at radius 3 is 2.77 bits per heavy atom. The van der Waals surface area contributed by atoms with Gasteiger partial charge in [-0.3, -0.25) is 10.7 Å². The molecule has 1 spiro atoms. The first-order valence-corrected chi connectivity index (χ1v) is 4.59. The van der Waals surface area contributed by atoms with Crippen molar-refractivity contribution in [3.8, 4) is 0 Å². The zero-order valence-electron chi connectivity index (χ0n) is 7.68. The van der Waals surface area contributed by atoms with Gasteiger partial charge in [-0.1, -0.05) is 6.92 Å². The molecule has 0 saturated carbocycles. The van der Waals surface area contributed by atoms with Gasteiger partial charge in [0.05, 0.1) is 0 Å². The first-order valence-electron chi connectivity index (χ1n) is 4.59. The molecule has 0 bridgehead atoms. The average molecular weight is 182 g/mol. The second kappa shape index (κ2) is 2.70. The summed E-state index contributed by atoms with van der Waals surface area (Å²) >= 11 is 0. The van der Waals surface area contributed by atoms with Crippen LogP contribution in [0.15, 0.2) is 0 Å². The smallest absolute Gasteiger partial charge is 0.311 e. The summed E-state index contributed by atoms with van der Waals surface area (Å²) in [5.41, 5.74) is -0.340. The molecule has 2 heterocycles. The lowest BCUT2D eigenvalue weighted by atomic mass is 9.90. The minimum Gasteiger partial charge on any atom is -0.311 e. The lowest BCUT2D eigenvalue weighted by molar-refractivity contribution is 0.137. The normalized spacial score (nSPS) is 24.8. The number of hydrogen-bond acceptors (Lipinski definition) is 3. The lowest BCUT2D eigenvalue weighted by Crippen LogP contribution is -2.70. The largest absolute Gasteiger partial charge is 0.323 e. The Labute approximate surface area is 77.0 Å². The van der Waals surface area contributed by atoms with Crippen molar-refractivity contribution in [3.05, 3.63) is 0 Å². The predicted octanol–water partition coefficient (Wildman–Crippen LogP) is -0.259. The molecule has 0 aromatic rings. The molecule has 0 aromatic heterocycles. The van der Waals surface area contributed by atoms with Gasteiger partial charge in [-0.2, -0.15) is 0 Å². The van der Waals surface area contributed by atoms with Crippen LogP contribution in [0.2, 0.25) is 0 Å². The van der Waals surface area contributed by atoms with E-state index >= 15 is 0 Å². The van der Waals surface area contributed by atoms with Crippen LogP contribution in [0.25, 0.3) is 0 Å². The Bertz CT molecular complexity index is 259. The molecule has 2 aliphatic heterocycles. The quantitative estimate of drug-likeness (QED) is 0.551. The molecule has 3 N–H and O–H groups in total. The van der Waals surface area contributed by atoms with E-state index in [1.54, 1.807) is 4.90 Å². The topological polar surface area (TPSA) is 68.2 Å². The van der Waals surface area contributed by atoms with Gasteiger partial charge in [-0.15, -0.1) is 0 Å². The molecule has 0 atom stereocenters. The second-order valence-electron chi connectivity index (χ2n) is 3.59. The van der Waals surface area contributed by atoms with Crippen LogP contribution in [-0.2, 0) is 0 Å². The monoisotopic (exact) mass is 182 g/mol. The summed E-state index contributed by atoms with van der Waals surface area (Å²) in [5, 5.41) is 13.4. The van der Waals surface area contributed by atoms with Crippen molar-refractivity contribution in [1.29, 1.82) is 5.41 Å². The van der Waals surface area contributed by atoms with Gasteiger partial charge in [-0.05, 0) is 6.42 Å². The van der Waals surface area contributed by atoms with Crippen molar-refractivity contribution in [2.24, 2.45) is 0 Å². The van der Waals surface area contributed by atoms with Gasteiger partial charge in [0.2, 0.25) is 0 Å². The maximum atomic E-state index is 11.4. The third kappa shape index (κ3) is 0.966. The van der Waals surface area contributed by atoms with Crippen molar-refractivity contribution in [2.75, 3.05) is 19.6 Å². The van der Waals surface area contributed by atoms with Crippen LogP contribution in [-0.4, -0.2) is 41.9 Å². The van der Waals surface area contributed by atoms with E-state index in [1.807, 2.05) is 6.92 Å². The maximum Gasteiger partial charge on any atom is 0.323 e. The molecule has 5 nitrogen and oxygen atoms in total. The molecule has 5 heteroatoms. The van der Waals surface area contributed by atoms with Crippen molar-refractivity contribution < 1.29 is 4.79 Å². The van der Waals surface area contributed by atoms with Crippen molar-refractivity contribution in [1.82, 2.24) is 15.5 Å². The summed E-state index contributed by atoms with van der Waals surface area (Å²) < 4.78 is 0. The summed E-state index contributed by atoms with van der Waals surface area (Å²) in [6.07, 6.45) is 0.933. The summed E-state index contributed by atoms with van der Waals surface area (Å²) in [6.45, 7) is 4.19. The van der Waals surface area contributed by atoms with E-state index in [2.05, 4.69) is 10.6 Å². The highest BCUT2D eigenvalue weighted by Crippen LogP contribution is 2.26. The Hall–Kier alpha value is -1.10. The van der Waals surface area contributed by atoms with Crippen LogP contribution in [0.4, 0.5) is 4.79 Å². The summed E-state index contributed by atoms with van der Waals surface area (Å²) in [4.78, 5) is 13.2. The number of hydrogen-bond donors (Lipinski definition) is 3. The standard InChI is InChI=1S/C8H14N4O/c1-2-3-12-7(13)11-6(9)8(12)4-10-5-8/h10H,2-5H2,1H3,(H2,9,11,13). The molecule has 72 valence electrons. The highest BCUT2D eigenvalue weighted by atomic mass is 16.2. The molecule has 0 aliphatic carbocycles. The number of nitrogens with one attached hydrogen (secondary N) is 3. The van der Waals surface area contributed by atoms with Crippen molar-refractivity contribution in [3.63, 3.8) is 0 Å². The van der Waals surface area contributed by atoms with Crippen LogP contribution >= 0.6 is 0 Å². The van der Waals surface area contributed by atoms with Crippen LogP contribution in [0.5, 0.6) is 0 Å². The van der Waals surface area contributed by atoms with Gasteiger partial charge in [0.1, 0.15) is 11.4 Å². The van der Waals surface area contributed by atoms with Gasteiger partial charge in [0.25, 0.3) is 0 Å². The van der Waals surface area contributed by atoms with E-state index < -0.39 is 0 Å². The summed E-state index contributed by atoms with van der Waals surface area (Å²) in [5.74, 6) is 0.352. The molecule has 2 amide bonds.